The maximum absolute atomic E-state index is 12.1. The number of likely N-dealkylation sites (N-methyl/N-ethyl adjacent to an activating group) is 1. The summed E-state index contributed by atoms with van der Waals surface area (Å²) in [6.45, 7) is -0.0739. The number of para-hydroxylation sites is 1. The van der Waals surface area contributed by atoms with Crippen LogP contribution in [0.2, 0.25) is 0 Å². The topological polar surface area (TPSA) is 66.9 Å². The van der Waals surface area contributed by atoms with Gasteiger partial charge in [-0.25, -0.2) is 0 Å². The van der Waals surface area contributed by atoms with Gasteiger partial charge in [-0.2, -0.15) is 0 Å². The van der Waals surface area contributed by atoms with Crippen LogP contribution >= 0.6 is 12.2 Å². The van der Waals surface area contributed by atoms with Gasteiger partial charge < -0.3 is 10.3 Å². The highest BCUT2D eigenvalue weighted by Crippen LogP contribution is 2.05. The molecule has 5 nitrogen and oxygen atoms in total. The van der Waals surface area contributed by atoms with Gasteiger partial charge in [-0.3, -0.25) is 14.2 Å². The highest BCUT2D eigenvalue weighted by Gasteiger charge is 2.07. The van der Waals surface area contributed by atoms with Crippen LogP contribution in [-0.4, -0.2) is 22.5 Å². The average Bonchev–Trinajstić information content (AvgIpc) is 2.34. The third-order valence-electron chi connectivity index (χ3n) is 2.47. The molecule has 0 saturated carbocycles. The molecule has 88 valence electrons. The molecule has 1 amide bonds. The van der Waals surface area contributed by atoms with E-state index in [0.29, 0.717) is 10.9 Å². The van der Waals surface area contributed by atoms with Gasteiger partial charge in [-0.05, 0) is 24.4 Å². The predicted octanol–water partition coefficient (Wildman–Crippen LogP) is 0.805. The molecule has 0 aliphatic heterocycles. The molecular weight excluding hydrogens is 238 g/mol. The van der Waals surface area contributed by atoms with Gasteiger partial charge in [0, 0.05) is 7.05 Å². The van der Waals surface area contributed by atoms with Gasteiger partial charge in [0.25, 0.3) is 5.56 Å². The smallest absolute Gasteiger partial charge is 0.262 e. The Morgan fingerprint density at radius 3 is 2.88 bits per heavy atom. The molecule has 1 aromatic heterocycles. The van der Waals surface area contributed by atoms with E-state index in [-0.39, 0.29) is 22.8 Å². The van der Waals surface area contributed by atoms with Crippen molar-refractivity contribution in [2.45, 2.75) is 6.54 Å². The number of benzene rings is 1. The highest BCUT2D eigenvalue weighted by molar-refractivity contribution is 7.71. The van der Waals surface area contributed by atoms with E-state index >= 15 is 0 Å². The molecule has 0 aliphatic rings. The molecule has 0 radical (unpaired) electrons. The highest BCUT2D eigenvalue weighted by atomic mass is 32.1. The van der Waals surface area contributed by atoms with E-state index in [1.54, 1.807) is 18.2 Å². The molecule has 0 atom stereocenters. The zero-order chi connectivity index (χ0) is 12.4. The number of carbonyl (C=O) groups excluding carboxylic acids is 1. The van der Waals surface area contributed by atoms with Crippen LogP contribution in [0, 0.1) is 4.77 Å². The van der Waals surface area contributed by atoms with Crippen molar-refractivity contribution in [3.05, 3.63) is 39.4 Å². The molecular formula is C11H11N3O2S. The molecule has 1 heterocycles. The number of rotatable bonds is 2. The minimum Gasteiger partial charge on any atom is -0.358 e. The largest absolute Gasteiger partial charge is 0.358 e. The summed E-state index contributed by atoms with van der Waals surface area (Å²) >= 11 is 5.06. The van der Waals surface area contributed by atoms with Crippen LogP contribution in [0.25, 0.3) is 10.9 Å². The van der Waals surface area contributed by atoms with Crippen molar-refractivity contribution in [1.29, 1.82) is 0 Å². The summed E-state index contributed by atoms with van der Waals surface area (Å²) in [5.41, 5.74) is 0.420. The van der Waals surface area contributed by atoms with Gasteiger partial charge in [-0.1, -0.05) is 12.1 Å². The van der Waals surface area contributed by atoms with Crippen LogP contribution in [-0.2, 0) is 11.3 Å². The first kappa shape index (κ1) is 11.5. The second-order valence-electron chi connectivity index (χ2n) is 3.54. The number of amides is 1. The lowest BCUT2D eigenvalue weighted by molar-refractivity contribution is -0.121. The lowest BCUT2D eigenvalue weighted by atomic mass is 10.2. The Balaban J connectivity index is 2.68. The summed E-state index contributed by atoms with van der Waals surface area (Å²) in [6, 6.07) is 7.06. The number of H-pyrrole nitrogens is 1. The van der Waals surface area contributed by atoms with Gasteiger partial charge in [0.05, 0.1) is 10.9 Å². The molecule has 0 bridgehead atoms. The zero-order valence-corrected chi connectivity index (χ0v) is 10.0. The Labute approximate surface area is 102 Å². The van der Waals surface area contributed by atoms with Gasteiger partial charge in [0.2, 0.25) is 5.91 Å². The molecule has 2 aromatic rings. The maximum atomic E-state index is 12.1. The van der Waals surface area contributed by atoms with Gasteiger partial charge in [0.15, 0.2) is 4.77 Å². The van der Waals surface area contributed by atoms with Crippen LogP contribution < -0.4 is 10.9 Å². The molecule has 6 heteroatoms. The van der Waals surface area contributed by atoms with Crippen LogP contribution in [0.3, 0.4) is 0 Å². The maximum Gasteiger partial charge on any atom is 0.262 e. The van der Waals surface area contributed by atoms with Crippen molar-refractivity contribution >= 4 is 29.0 Å². The van der Waals surface area contributed by atoms with E-state index in [0.717, 1.165) is 0 Å². The minimum absolute atomic E-state index is 0.0739. The molecule has 0 aliphatic carbocycles. The molecule has 0 saturated heterocycles. The van der Waals surface area contributed by atoms with Crippen molar-refractivity contribution < 1.29 is 4.79 Å². The first-order valence-electron chi connectivity index (χ1n) is 5.06. The third kappa shape index (κ3) is 2.12. The van der Waals surface area contributed by atoms with Crippen molar-refractivity contribution in [2.75, 3.05) is 7.05 Å². The third-order valence-corrected chi connectivity index (χ3v) is 2.79. The summed E-state index contributed by atoms with van der Waals surface area (Å²) in [6.07, 6.45) is 0. The number of carbonyl (C=O) groups is 1. The Morgan fingerprint density at radius 2 is 2.18 bits per heavy atom. The molecule has 2 rings (SSSR count). The van der Waals surface area contributed by atoms with Crippen LogP contribution in [0.1, 0.15) is 0 Å². The van der Waals surface area contributed by atoms with Crippen molar-refractivity contribution in [1.82, 2.24) is 14.9 Å². The fourth-order valence-electron chi connectivity index (χ4n) is 1.57. The van der Waals surface area contributed by atoms with E-state index < -0.39 is 0 Å². The van der Waals surface area contributed by atoms with E-state index in [1.807, 2.05) is 6.07 Å². The Bertz CT molecular complexity index is 687. The zero-order valence-electron chi connectivity index (χ0n) is 9.19. The summed E-state index contributed by atoms with van der Waals surface area (Å²) in [5.74, 6) is -0.262. The van der Waals surface area contributed by atoms with Gasteiger partial charge in [-0.15, -0.1) is 0 Å². The fourth-order valence-corrected chi connectivity index (χ4v) is 1.82. The number of aromatic nitrogens is 2. The van der Waals surface area contributed by atoms with Crippen LogP contribution in [0.15, 0.2) is 29.1 Å². The average molecular weight is 249 g/mol. The van der Waals surface area contributed by atoms with Crippen LogP contribution in [0.5, 0.6) is 0 Å². The molecule has 0 unspecified atom stereocenters. The van der Waals surface area contributed by atoms with Gasteiger partial charge in [0.1, 0.15) is 6.54 Å². The molecule has 1 aromatic carbocycles. The van der Waals surface area contributed by atoms with Crippen molar-refractivity contribution in [3.63, 3.8) is 0 Å². The van der Waals surface area contributed by atoms with Crippen molar-refractivity contribution in [2.24, 2.45) is 0 Å². The summed E-state index contributed by atoms with van der Waals surface area (Å²) in [7, 11) is 1.52. The summed E-state index contributed by atoms with van der Waals surface area (Å²) in [5, 5.41) is 2.98. The fraction of sp³-hybridized carbons (Fsp3) is 0.182. The standard InChI is InChI=1S/C11H11N3O2S/c1-12-9(15)6-14-10(16)7-4-2-3-5-8(7)13-11(14)17/h2-5H,6H2,1H3,(H,12,15)(H,13,17). The summed E-state index contributed by atoms with van der Waals surface area (Å²) in [4.78, 5) is 26.3. The van der Waals surface area contributed by atoms with E-state index in [9.17, 15) is 9.59 Å². The molecule has 0 spiro atoms. The van der Waals surface area contributed by atoms with E-state index in [2.05, 4.69) is 10.3 Å². The van der Waals surface area contributed by atoms with E-state index in [1.165, 1.54) is 11.6 Å². The van der Waals surface area contributed by atoms with Gasteiger partial charge >= 0.3 is 0 Å². The number of aromatic amines is 1. The Morgan fingerprint density at radius 1 is 1.47 bits per heavy atom. The quantitative estimate of drug-likeness (QED) is 0.774. The minimum atomic E-state index is -0.262. The Hall–Kier alpha value is -1.95. The second kappa shape index (κ2) is 4.50. The molecule has 0 fully saturated rings. The molecule has 17 heavy (non-hydrogen) atoms. The van der Waals surface area contributed by atoms with E-state index in [4.69, 9.17) is 12.2 Å². The first-order chi connectivity index (χ1) is 8.13. The number of nitrogens with one attached hydrogen (secondary N) is 2. The normalized spacial score (nSPS) is 10.4. The Kier molecular flexibility index (Phi) is 3.06. The monoisotopic (exact) mass is 249 g/mol. The first-order valence-corrected chi connectivity index (χ1v) is 5.46. The summed E-state index contributed by atoms with van der Waals surface area (Å²) < 4.78 is 1.49. The SMILES string of the molecule is CNC(=O)Cn1c(=S)[nH]c2ccccc2c1=O. The van der Waals surface area contributed by atoms with Crippen molar-refractivity contribution in [3.8, 4) is 0 Å². The second-order valence-corrected chi connectivity index (χ2v) is 3.93. The molecule has 2 N–H and O–H groups in total. The van der Waals surface area contributed by atoms with Crippen LogP contribution in [0.4, 0.5) is 0 Å². The lowest BCUT2D eigenvalue weighted by Gasteiger charge is -2.06. The number of fused-ring (bicyclic) bond motifs is 1. The number of hydrogen-bond acceptors (Lipinski definition) is 3. The lowest BCUT2D eigenvalue weighted by Crippen LogP contribution is -2.31. The predicted molar refractivity (Wildman–Crippen MR) is 67.5 cm³/mol. The number of nitrogens with zero attached hydrogens (tertiary/aromatic N) is 1. The number of hydrogen-bond donors (Lipinski definition) is 2.